The van der Waals surface area contributed by atoms with Gasteiger partial charge in [-0.2, -0.15) is 0 Å². The number of carbonyl (C=O) groups excluding carboxylic acids is 4. The number of β-amino-alcohol motifs (C(OH)–C–C–N with tert-alkyl or cyclic N) is 1. The van der Waals surface area contributed by atoms with Crippen molar-refractivity contribution in [2.45, 2.75) is 56.5 Å². The molecular formula is C29H44N4O8. The van der Waals surface area contributed by atoms with E-state index >= 15 is 0 Å². The third kappa shape index (κ3) is 6.50. The van der Waals surface area contributed by atoms with Crippen molar-refractivity contribution in [3.8, 4) is 0 Å². The molecule has 0 unspecified atom stereocenters. The van der Waals surface area contributed by atoms with Crippen LogP contribution in [0.2, 0.25) is 0 Å². The minimum absolute atomic E-state index is 0.0399. The number of rotatable bonds is 15. The first-order valence-corrected chi connectivity index (χ1v) is 14.6. The Labute approximate surface area is 241 Å². The second-order valence-corrected chi connectivity index (χ2v) is 11.2. The van der Waals surface area contributed by atoms with Gasteiger partial charge in [0.2, 0.25) is 17.7 Å². The highest BCUT2D eigenvalue weighted by atomic mass is 16.6. The van der Waals surface area contributed by atoms with E-state index in [1.807, 2.05) is 0 Å². The molecule has 0 aromatic heterocycles. The number of likely N-dealkylation sites (tertiary alicyclic amines) is 1. The van der Waals surface area contributed by atoms with E-state index in [2.05, 4.69) is 23.4 Å². The monoisotopic (exact) mass is 576 g/mol. The number of allylic oxidation sites excluding steroid dienone is 1. The number of carbonyl (C=O) groups is 4. The summed E-state index contributed by atoms with van der Waals surface area (Å²) < 4.78 is 17.5. The normalized spacial score (nSPS) is 29.6. The summed E-state index contributed by atoms with van der Waals surface area (Å²) in [4.78, 5) is 58.7. The Hall–Kier alpha value is -2.80. The number of fused-ring (bicyclic) bond motifs is 1. The number of hydrogen-bond donors (Lipinski definition) is 2. The van der Waals surface area contributed by atoms with Gasteiger partial charge in [-0.1, -0.05) is 12.2 Å². The van der Waals surface area contributed by atoms with Crippen LogP contribution in [0.1, 0.15) is 32.6 Å². The van der Waals surface area contributed by atoms with Crippen molar-refractivity contribution in [3.63, 3.8) is 0 Å². The SMILES string of the molecule is C=CCCC(=O)NC[C@H](C)OC(=O)[C@@H]1[C@@H]2CC[C@]3(O2)[C@H](C(=O)N(CC=C)CCN2CCOCC2)N(CCO)C(=O)[C@@H]13. The van der Waals surface area contributed by atoms with Crippen LogP contribution in [0.5, 0.6) is 0 Å². The minimum Gasteiger partial charge on any atom is -0.460 e. The number of nitrogens with one attached hydrogen (secondary N) is 1. The maximum absolute atomic E-state index is 14.2. The number of hydrogen-bond acceptors (Lipinski definition) is 9. The predicted molar refractivity (Wildman–Crippen MR) is 148 cm³/mol. The van der Waals surface area contributed by atoms with Crippen LogP contribution in [-0.4, -0.2) is 133 Å². The summed E-state index contributed by atoms with van der Waals surface area (Å²) in [5.41, 5.74) is -1.17. The zero-order chi connectivity index (χ0) is 29.6. The van der Waals surface area contributed by atoms with E-state index in [1.165, 1.54) is 4.90 Å². The molecule has 2 N–H and O–H groups in total. The number of aliphatic hydroxyl groups is 1. The molecule has 41 heavy (non-hydrogen) atoms. The van der Waals surface area contributed by atoms with Crippen molar-refractivity contribution in [1.29, 1.82) is 0 Å². The van der Waals surface area contributed by atoms with Gasteiger partial charge in [0.25, 0.3) is 0 Å². The van der Waals surface area contributed by atoms with Crippen LogP contribution in [0, 0.1) is 11.8 Å². The summed E-state index contributed by atoms with van der Waals surface area (Å²) in [6, 6.07) is -0.957. The Balaban J connectivity index is 1.49. The molecule has 0 aromatic carbocycles. The lowest BCUT2D eigenvalue weighted by molar-refractivity contribution is -0.159. The number of nitrogens with zero attached hydrogens (tertiary/aromatic N) is 3. The third-order valence-corrected chi connectivity index (χ3v) is 8.58. The Morgan fingerprint density at radius 3 is 2.68 bits per heavy atom. The molecule has 2 bridgehead atoms. The molecule has 3 amide bonds. The van der Waals surface area contributed by atoms with Gasteiger partial charge in [0, 0.05) is 45.7 Å². The van der Waals surface area contributed by atoms with E-state index in [0.717, 1.165) is 13.1 Å². The van der Waals surface area contributed by atoms with Crippen LogP contribution >= 0.6 is 0 Å². The van der Waals surface area contributed by atoms with Gasteiger partial charge >= 0.3 is 5.97 Å². The highest BCUT2D eigenvalue weighted by molar-refractivity contribution is 5.98. The molecule has 6 atom stereocenters. The second-order valence-electron chi connectivity index (χ2n) is 11.2. The highest BCUT2D eigenvalue weighted by Gasteiger charge is 2.75. The fraction of sp³-hybridized carbons (Fsp3) is 0.724. The maximum Gasteiger partial charge on any atom is 0.312 e. The summed E-state index contributed by atoms with van der Waals surface area (Å²) in [7, 11) is 0. The smallest absolute Gasteiger partial charge is 0.312 e. The van der Waals surface area contributed by atoms with E-state index in [4.69, 9.17) is 14.2 Å². The molecule has 4 rings (SSSR count). The lowest BCUT2D eigenvalue weighted by Crippen LogP contribution is -2.57. The molecule has 1 spiro atoms. The van der Waals surface area contributed by atoms with Gasteiger partial charge in [-0.05, 0) is 26.2 Å². The first-order valence-electron chi connectivity index (χ1n) is 14.6. The molecule has 12 nitrogen and oxygen atoms in total. The van der Waals surface area contributed by atoms with E-state index in [9.17, 15) is 24.3 Å². The molecule has 228 valence electrons. The zero-order valence-electron chi connectivity index (χ0n) is 24.0. The first-order chi connectivity index (χ1) is 19.8. The topological polar surface area (TPSA) is 138 Å². The summed E-state index contributed by atoms with van der Waals surface area (Å²) in [5, 5.41) is 12.6. The Bertz CT molecular complexity index is 1000. The fourth-order valence-corrected chi connectivity index (χ4v) is 6.65. The Kier molecular flexibility index (Phi) is 10.6. The number of ether oxygens (including phenoxy) is 3. The molecule has 4 aliphatic heterocycles. The molecule has 12 heteroatoms. The van der Waals surface area contributed by atoms with E-state index in [1.54, 1.807) is 24.0 Å². The molecule has 4 heterocycles. The summed E-state index contributed by atoms with van der Waals surface area (Å²) in [6.07, 6.45) is 3.98. The van der Waals surface area contributed by atoms with Gasteiger partial charge in [-0.25, -0.2) is 0 Å². The number of esters is 1. The molecule has 0 radical (unpaired) electrons. The molecular weight excluding hydrogens is 532 g/mol. The standard InChI is InChI=1S/C29H44N4O8/c1-4-6-7-22(35)30-19-20(3)40-28(38)23-21-8-9-29(41-21)24(23)26(36)33(13-16-34)25(29)27(37)32(10-5-2)12-11-31-14-17-39-18-15-31/h4-5,20-21,23-25,34H,1-2,6-19H2,3H3,(H,30,35)/t20-,21-,23+,24+,25-,29+/m0/s1. The quantitative estimate of drug-likeness (QED) is 0.199. The van der Waals surface area contributed by atoms with E-state index < -0.39 is 41.7 Å². The van der Waals surface area contributed by atoms with Crippen LogP contribution in [0.3, 0.4) is 0 Å². The first kappa shape index (κ1) is 31.1. The lowest BCUT2D eigenvalue weighted by Gasteiger charge is -2.37. The van der Waals surface area contributed by atoms with Crippen LogP contribution in [0.4, 0.5) is 0 Å². The van der Waals surface area contributed by atoms with Crippen LogP contribution < -0.4 is 5.32 Å². The highest BCUT2D eigenvalue weighted by Crippen LogP contribution is 2.58. The van der Waals surface area contributed by atoms with Crippen molar-refractivity contribution in [2.75, 3.05) is 65.6 Å². The third-order valence-electron chi connectivity index (χ3n) is 8.58. The second kappa shape index (κ2) is 13.9. The van der Waals surface area contributed by atoms with Crippen molar-refractivity contribution in [3.05, 3.63) is 25.3 Å². The molecule has 0 saturated carbocycles. The van der Waals surface area contributed by atoms with Crippen LogP contribution in [0.25, 0.3) is 0 Å². The zero-order valence-corrected chi connectivity index (χ0v) is 24.0. The van der Waals surface area contributed by atoms with Crippen LogP contribution in [-0.2, 0) is 33.4 Å². The summed E-state index contributed by atoms with van der Waals surface area (Å²) in [6.45, 7) is 13.1. The predicted octanol–water partition coefficient (Wildman–Crippen LogP) is -0.286. The molecule has 0 aliphatic carbocycles. The number of aliphatic hydroxyl groups excluding tert-OH is 1. The van der Waals surface area contributed by atoms with Crippen molar-refractivity contribution in [1.82, 2.24) is 20.0 Å². The van der Waals surface area contributed by atoms with Gasteiger partial charge in [0.1, 0.15) is 17.7 Å². The summed E-state index contributed by atoms with van der Waals surface area (Å²) >= 11 is 0. The van der Waals surface area contributed by atoms with Gasteiger partial charge in [-0.15, -0.1) is 13.2 Å². The lowest BCUT2D eigenvalue weighted by atomic mass is 9.70. The average molecular weight is 577 g/mol. The maximum atomic E-state index is 14.2. The van der Waals surface area contributed by atoms with E-state index in [-0.39, 0.29) is 37.4 Å². The summed E-state index contributed by atoms with van der Waals surface area (Å²) in [5.74, 6) is -3.13. The van der Waals surface area contributed by atoms with Gasteiger partial charge in [0.15, 0.2) is 0 Å². The van der Waals surface area contributed by atoms with Crippen LogP contribution in [0.15, 0.2) is 25.3 Å². The average Bonchev–Trinajstić information content (AvgIpc) is 3.61. The molecule has 4 saturated heterocycles. The van der Waals surface area contributed by atoms with Crippen molar-refractivity contribution < 1.29 is 38.5 Å². The fourth-order valence-electron chi connectivity index (χ4n) is 6.65. The van der Waals surface area contributed by atoms with E-state index in [0.29, 0.717) is 58.5 Å². The number of amides is 3. The minimum atomic E-state index is -1.17. The Morgan fingerprint density at radius 1 is 1.24 bits per heavy atom. The largest absolute Gasteiger partial charge is 0.460 e. The van der Waals surface area contributed by atoms with Gasteiger partial charge in [-0.3, -0.25) is 24.1 Å². The van der Waals surface area contributed by atoms with Crippen molar-refractivity contribution in [2.24, 2.45) is 11.8 Å². The van der Waals surface area contributed by atoms with Crippen molar-refractivity contribution >= 4 is 23.7 Å². The van der Waals surface area contributed by atoms with Gasteiger partial charge < -0.3 is 34.4 Å². The molecule has 0 aromatic rings. The molecule has 4 aliphatic rings. The van der Waals surface area contributed by atoms with Gasteiger partial charge in [0.05, 0.1) is 44.3 Å². The molecule has 4 fully saturated rings. The number of morpholine rings is 1. The Morgan fingerprint density at radius 2 is 2.00 bits per heavy atom.